The molecule has 0 amide bonds. The monoisotopic (exact) mass is 200 g/mol. The summed E-state index contributed by atoms with van der Waals surface area (Å²) in [5, 5.41) is 2.87. The molecule has 2 unspecified atom stereocenters. The van der Waals surface area contributed by atoms with Gasteiger partial charge < -0.3 is 15.2 Å². The molecule has 1 aromatic rings. The zero-order valence-electron chi connectivity index (χ0n) is 7.40. The lowest BCUT2D eigenvalue weighted by atomic mass is 10.4. The van der Waals surface area contributed by atoms with Crippen molar-refractivity contribution in [1.29, 1.82) is 0 Å². The minimum absolute atomic E-state index is 0.0224. The molecule has 1 aromatic heterocycles. The Morgan fingerprint density at radius 1 is 1.77 bits per heavy atom. The van der Waals surface area contributed by atoms with Gasteiger partial charge in [0.15, 0.2) is 0 Å². The molecular weight excluding hydrogens is 188 g/mol. The Kier molecular flexibility index (Phi) is 2.59. The zero-order valence-corrected chi connectivity index (χ0v) is 8.21. The predicted molar refractivity (Wildman–Crippen MR) is 49.5 cm³/mol. The van der Waals surface area contributed by atoms with Crippen LogP contribution in [-0.2, 0) is 9.47 Å². The standard InChI is InChI=1S/C8H12N2O2S/c1-5-4-13-7(10-5)8-11-3-6(2-9)12-8/h4,6,8H,2-3,9H2,1H3. The van der Waals surface area contributed by atoms with Gasteiger partial charge >= 0.3 is 0 Å². The SMILES string of the molecule is Cc1csc(C2OCC(CN)O2)n1. The van der Waals surface area contributed by atoms with Gasteiger partial charge in [-0.05, 0) is 6.92 Å². The molecule has 13 heavy (non-hydrogen) atoms. The fourth-order valence-corrected chi connectivity index (χ4v) is 1.96. The summed E-state index contributed by atoms with van der Waals surface area (Å²) < 4.78 is 10.9. The summed E-state index contributed by atoms with van der Waals surface area (Å²) in [5.74, 6) is 0. The van der Waals surface area contributed by atoms with Crippen molar-refractivity contribution in [3.8, 4) is 0 Å². The van der Waals surface area contributed by atoms with E-state index in [0.29, 0.717) is 13.2 Å². The van der Waals surface area contributed by atoms with Crippen LogP contribution in [0.1, 0.15) is 17.0 Å². The zero-order chi connectivity index (χ0) is 9.26. The summed E-state index contributed by atoms with van der Waals surface area (Å²) in [4.78, 5) is 4.29. The Hall–Kier alpha value is -0.490. The van der Waals surface area contributed by atoms with E-state index in [1.807, 2.05) is 12.3 Å². The van der Waals surface area contributed by atoms with Gasteiger partial charge in [0.25, 0.3) is 0 Å². The second-order valence-electron chi connectivity index (χ2n) is 2.99. The third kappa shape index (κ3) is 1.88. The molecule has 0 bridgehead atoms. The number of nitrogens with two attached hydrogens (primary N) is 1. The quantitative estimate of drug-likeness (QED) is 0.768. The Morgan fingerprint density at radius 2 is 2.62 bits per heavy atom. The normalized spacial score (nSPS) is 28.2. The van der Waals surface area contributed by atoms with Gasteiger partial charge in [-0.2, -0.15) is 0 Å². The number of hydrogen-bond donors (Lipinski definition) is 1. The number of rotatable bonds is 2. The van der Waals surface area contributed by atoms with Crippen molar-refractivity contribution in [2.45, 2.75) is 19.3 Å². The molecule has 1 aliphatic heterocycles. The highest BCUT2D eigenvalue weighted by molar-refractivity contribution is 7.09. The van der Waals surface area contributed by atoms with E-state index in [2.05, 4.69) is 4.98 Å². The summed E-state index contributed by atoms with van der Waals surface area (Å²) in [6, 6.07) is 0. The average molecular weight is 200 g/mol. The lowest BCUT2D eigenvalue weighted by Gasteiger charge is -2.06. The first-order chi connectivity index (χ1) is 6.29. The number of thiazole rings is 1. The molecule has 2 N–H and O–H groups in total. The van der Waals surface area contributed by atoms with Gasteiger partial charge in [0.2, 0.25) is 6.29 Å². The summed E-state index contributed by atoms with van der Waals surface area (Å²) in [6.45, 7) is 3.02. The van der Waals surface area contributed by atoms with E-state index in [0.717, 1.165) is 10.7 Å². The van der Waals surface area contributed by atoms with Crippen LogP contribution in [0.3, 0.4) is 0 Å². The molecule has 0 saturated carbocycles. The molecule has 1 fully saturated rings. The van der Waals surface area contributed by atoms with Crippen LogP contribution in [-0.4, -0.2) is 24.2 Å². The van der Waals surface area contributed by atoms with Crippen molar-refractivity contribution < 1.29 is 9.47 Å². The Morgan fingerprint density at radius 3 is 3.15 bits per heavy atom. The van der Waals surface area contributed by atoms with Crippen molar-refractivity contribution in [1.82, 2.24) is 4.98 Å². The predicted octanol–water partition coefficient (Wildman–Crippen LogP) is 0.824. The van der Waals surface area contributed by atoms with Crippen LogP contribution in [0.2, 0.25) is 0 Å². The van der Waals surface area contributed by atoms with E-state index < -0.39 is 0 Å². The van der Waals surface area contributed by atoms with E-state index in [-0.39, 0.29) is 12.4 Å². The maximum Gasteiger partial charge on any atom is 0.211 e. The molecule has 1 saturated heterocycles. The van der Waals surface area contributed by atoms with Gasteiger partial charge in [-0.1, -0.05) is 0 Å². The fourth-order valence-electron chi connectivity index (χ4n) is 1.18. The maximum atomic E-state index is 5.51. The van der Waals surface area contributed by atoms with Gasteiger partial charge in [-0.25, -0.2) is 4.98 Å². The largest absolute Gasteiger partial charge is 0.344 e. The summed E-state index contributed by atoms with van der Waals surface area (Å²) >= 11 is 1.56. The summed E-state index contributed by atoms with van der Waals surface area (Å²) in [6.07, 6.45) is -0.276. The minimum Gasteiger partial charge on any atom is -0.344 e. The van der Waals surface area contributed by atoms with Gasteiger partial charge in [0.1, 0.15) is 5.01 Å². The molecule has 5 heteroatoms. The van der Waals surface area contributed by atoms with Crippen molar-refractivity contribution in [3.63, 3.8) is 0 Å². The van der Waals surface area contributed by atoms with E-state index in [1.165, 1.54) is 0 Å². The maximum absolute atomic E-state index is 5.51. The Bertz CT molecular complexity index is 289. The highest BCUT2D eigenvalue weighted by Crippen LogP contribution is 2.28. The molecular formula is C8H12N2O2S. The average Bonchev–Trinajstić information content (AvgIpc) is 2.71. The van der Waals surface area contributed by atoms with Crippen LogP contribution >= 0.6 is 11.3 Å². The molecule has 72 valence electrons. The van der Waals surface area contributed by atoms with Crippen LogP contribution in [0.4, 0.5) is 0 Å². The minimum atomic E-state index is -0.299. The number of ether oxygens (including phenoxy) is 2. The highest BCUT2D eigenvalue weighted by atomic mass is 32.1. The molecule has 4 nitrogen and oxygen atoms in total. The van der Waals surface area contributed by atoms with Crippen LogP contribution in [0.25, 0.3) is 0 Å². The van der Waals surface area contributed by atoms with Crippen molar-refractivity contribution >= 4 is 11.3 Å². The van der Waals surface area contributed by atoms with Gasteiger partial charge in [-0.15, -0.1) is 11.3 Å². The molecule has 2 rings (SSSR count). The van der Waals surface area contributed by atoms with E-state index in [9.17, 15) is 0 Å². The van der Waals surface area contributed by atoms with Gasteiger partial charge in [0, 0.05) is 17.6 Å². The first kappa shape index (κ1) is 9.08. The van der Waals surface area contributed by atoms with Crippen molar-refractivity contribution in [2.75, 3.05) is 13.2 Å². The molecule has 0 aliphatic carbocycles. The number of hydrogen-bond acceptors (Lipinski definition) is 5. The van der Waals surface area contributed by atoms with Crippen LogP contribution in [0, 0.1) is 6.92 Å². The second kappa shape index (κ2) is 3.71. The fraction of sp³-hybridized carbons (Fsp3) is 0.625. The van der Waals surface area contributed by atoms with Gasteiger partial charge in [-0.3, -0.25) is 0 Å². The molecule has 2 heterocycles. The van der Waals surface area contributed by atoms with Crippen molar-refractivity contribution in [2.24, 2.45) is 5.73 Å². The van der Waals surface area contributed by atoms with Crippen LogP contribution in [0.5, 0.6) is 0 Å². The lowest BCUT2D eigenvalue weighted by molar-refractivity contribution is -0.0586. The Balaban J connectivity index is 2.03. The van der Waals surface area contributed by atoms with E-state index >= 15 is 0 Å². The molecule has 1 aliphatic rings. The third-order valence-electron chi connectivity index (χ3n) is 1.85. The summed E-state index contributed by atoms with van der Waals surface area (Å²) in [7, 11) is 0. The number of nitrogens with zero attached hydrogens (tertiary/aromatic N) is 1. The lowest BCUT2D eigenvalue weighted by Crippen LogP contribution is -2.21. The smallest absolute Gasteiger partial charge is 0.211 e. The second-order valence-corrected chi connectivity index (χ2v) is 3.88. The van der Waals surface area contributed by atoms with Crippen LogP contribution in [0.15, 0.2) is 5.38 Å². The van der Waals surface area contributed by atoms with E-state index in [4.69, 9.17) is 15.2 Å². The van der Waals surface area contributed by atoms with Gasteiger partial charge in [0.05, 0.1) is 12.7 Å². The first-order valence-electron chi connectivity index (χ1n) is 4.18. The van der Waals surface area contributed by atoms with E-state index in [1.54, 1.807) is 11.3 Å². The molecule has 0 spiro atoms. The Labute approximate surface area is 80.7 Å². The summed E-state index contributed by atoms with van der Waals surface area (Å²) in [5.41, 5.74) is 6.46. The van der Waals surface area contributed by atoms with Crippen LogP contribution < -0.4 is 5.73 Å². The topological polar surface area (TPSA) is 57.4 Å². The number of aromatic nitrogens is 1. The molecule has 2 atom stereocenters. The molecule has 0 radical (unpaired) electrons. The highest BCUT2D eigenvalue weighted by Gasteiger charge is 2.28. The van der Waals surface area contributed by atoms with Crippen molar-refractivity contribution in [3.05, 3.63) is 16.1 Å². The third-order valence-corrected chi connectivity index (χ3v) is 2.84. The number of aryl methyl sites for hydroxylation is 1. The molecule has 0 aromatic carbocycles. The first-order valence-corrected chi connectivity index (χ1v) is 5.06.